The van der Waals surface area contributed by atoms with Crippen LogP contribution in [0.25, 0.3) is 0 Å². The summed E-state index contributed by atoms with van der Waals surface area (Å²) in [5.41, 5.74) is 2.42. The van der Waals surface area contributed by atoms with Gasteiger partial charge in [-0.3, -0.25) is 9.78 Å². The van der Waals surface area contributed by atoms with Gasteiger partial charge in [0.15, 0.2) is 0 Å². The SMILES string of the molecule is Cc1cc(C(=O)N2C[C@@H](CN(C)CCN(C)C)[C@@H](CO)C2)cc(C)n1. The van der Waals surface area contributed by atoms with E-state index in [-0.39, 0.29) is 18.4 Å². The Morgan fingerprint density at radius 3 is 2.32 bits per heavy atom. The Hall–Kier alpha value is -1.50. The van der Waals surface area contributed by atoms with E-state index in [9.17, 15) is 9.90 Å². The predicted molar refractivity (Wildman–Crippen MR) is 99.7 cm³/mol. The van der Waals surface area contributed by atoms with Crippen molar-refractivity contribution in [2.75, 3.05) is 60.5 Å². The highest BCUT2D eigenvalue weighted by molar-refractivity contribution is 5.94. The van der Waals surface area contributed by atoms with Crippen LogP contribution in [-0.4, -0.2) is 91.2 Å². The zero-order chi connectivity index (χ0) is 18.6. The molecule has 2 heterocycles. The van der Waals surface area contributed by atoms with E-state index in [2.05, 4.69) is 35.9 Å². The molecule has 1 fully saturated rings. The molecule has 2 atom stereocenters. The van der Waals surface area contributed by atoms with Gasteiger partial charge in [0.1, 0.15) is 0 Å². The van der Waals surface area contributed by atoms with E-state index in [4.69, 9.17) is 0 Å². The number of carbonyl (C=O) groups is 1. The maximum atomic E-state index is 12.9. The van der Waals surface area contributed by atoms with Crippen molar-refractivity contribution < 1.29 is 9.90 Å². The molecule has 0 radical (unpaired) electrons. The zero-order valence-electron chi connectivity index (χ0n) is 16.2. The van der Waals surface area contributed by atoms with Crippen molar-refractivity contribution in [3.05, 3.63) is 29.1 Å². The highest BCUT2D eigenvalue weighted by Gasteiger charge is 2.35. The third-order valence-electron chi connectivity index (χ3n) is 4.90. The Morgan fingerprint density at radius 2 is 1.76 bits per heavy atom. The van der Waals surface area contributed by atoms with Gasteiger partial charge in [0.05, 0.1) is 0 Å². The van der Waals surface area contributed by atoms with E-state index in [0.29, 0.717) is 24.6 Å². The van der Waals surface area contributed by atoms with Crippen LogP contribution in [0.4, 0.5) is 0 Å². The van der Waals surface area contributed by atoms with E-state index in [1.807, 2.05) is 30.9 Å². The molecule has 1 aromatic rings. The number of pyridine rings is 1. The summed E-state index contributed by atoms with van der Waals surface area (Å²) in [7, 11) is 6.25. The number of aryl methyl sites for hydroxylation is 2. The highest BCUT2D eigenvalue weighted by Crippen LogP contribution is 2.25. The molecule has 6 nitrogen and oxygen atoms in total. The van der Waals surface area contributed by atoms with E-state index in [0.717, 1.165) is 31.0 Å². The number of amides is 1. The molecule has 1 amide bonds. The fraction of sp³-hybridized carbons (Fsp3) is 0.684. The number of nitrogens with zero attached hydrogens (tertiary/aromatic N) is 4. The van der Waals surface area contributed by atoms with Crippen LogP contribution in [-0.2, 0) is 0 Å². The van der Waals surface area contributed by atoms with Crippen molar-refractivity contribution in [3.63, 3.8) is 0 Å². The van der Waals surface area contributed by atoms with Crippen molar-refractivity contribution in [2.24, 2.45) is 11.8 Å². The van der Waals surface area contributed by atoms with E-state index in [1.165, 1.54) is 0 Å². The Balaban J connectivity index is 2.01. The van der Waals surface area contributed by atoms with Gasteiger partial charge >= 0.3 is 0 Å². The molecule has 140 valence electrons. The average Bonchev–Trinajstić information content (AvgIpc) is 2.94. The summed E-state index contributed by atoms with van der Waals surface area (Å²) in [4.78, 5) is 23.5. The topological polar surface area (TPSA) is 59.9 Å². The first-order chi connectivity index (χ1) is 11.8. The number of hydrogen-bond acceptors (Lipinski definition) is 5. The summed E-state index contributed by atoms with van der Waals surface area (Å²) in [6, 6.07) is 3.69. The number of carbonyl (C=O) groups excluding carboxylic acids is 1. The van der Waals surface area contributed by atoms with Crippen molar-refractivity contribution in [2.45, 2.75) is 13.8 Å². The van der Waals surface area contributed by atoms with E-state index in [1.54, 1.807) is 0 Å². The first-order valence-corrected chi connectivity index (χ1v) is 8.98. The van der Waals surface area contributed by atoms with E-state index >= 15 is 0 Å². The smallest absolute Gasteiger partial charge is 0.254 e. The summed E-state index contributed by atoms with van der Waals surface area (Å²) >= 11 is 0. The minimum Gasteiger partial charge on any atom is -0.396 e. The van der Waals surface area contributed by atoms with Crippen LogP contribution < -0.4 is 0 Å². The molecular weight excluding hydrogens is 316 g/mol. The fourth-order valence-corrected chi connectivity index (χ4v) is 3.52. The van der Waals surface area contributed by atoms with Crippen LogP contribution in [0.1, 0.15) is 21.7 Å². The number of likely N-dealkylation sites (tertiary alicyclic amines) is 1. The predicted octanol–water partition coefficient (Wildman–Crippen LogP) is 0.872. The van der Waals surface area contributed by atoms with Crippen LogP contribution in [0, 0.1) is 25.7 Å². The van der Waals surface area contributed by atoms with Gasteiger partial charge in [-0.2, -0.15) is 0 Å². The van der Waals surface area contributed by atoms with Gasteiger partial charge in [-0.1, -0.05) is 0 Å². The minimum absolute atomic E-state index is 0.0468. The van der Waals surface area contributed by atoms with Gasteiger partial charge in [0.25, 0.3) is 5.91 Å². The number of aliphatic hydroxyl groups is 1. The third-order valence-corrected chi connectivity index (χ3v) is 4.90. The lowest BCUT2D eigenvalue weighted by molar-refractivity contribution is 0.0779. The van der Waals surface area contributed by atoms with Gasteiger partial charge in [0, 0.05) is 62.2 Å². The quantitative estimate of drug-likeness (QED) is 0.792. The normalized spacial score (nSPS) is 20.7. The second-order valence-corrected chi connectivity index (χ2v) is 7.62. The third kappa shape index (κ3) is 5.49. The van der Waals surface area contributed by atoms with Gasteiger partial charge in [-0.25, -0.2) is 0 Å². The monoisotopic (exact) mass is 348 g/mol. The molecule has 1 aliphatic rings. The molecule has 0 aliphatic carbocycles. The van der Waals surface area contributed by atoms with Crippen LogP contribution in [0.2, 0.25) is 0 Å². The van der Waals surface area contributed by atoms with Gasteiger partial charge in [-0.05, 0) is 53.0 Å². The number of aliphatic hydroxyl groups excluding tert-OH is 1. The molecule has 1 aliphatic heterocycles. The lowest BCUT2D eigenvalue weighted by Gasteiger charge is -2.25. The summed E-state index contributed by atoms with van der Waals surface area (Å²) in [6.07, 6.45) is 0. The Morgan fingerprint density at radius 1 is 1.16 bits per heavy atom. The second-order valence-electron chi connectivity index (χ2n) is 7.62. The molecule has 0 unspecified atom stereocenters. The molecule has 1 aromatic heterocycles. The van der Waals surface area contributed by atoms with Crippen molar-refractivity contribution >= 4 is 5.91 Å². The lowest BCUT2D eigenvalue weighted by Crippen LogP contribution is -2.35. The van der Waals surface area contributed by atoms with Crippen LogP contribution in [0.15, 0.2) is 12.1 Å². The molecule has 1 N–H and O–H groups in total. The van der Waals surface area contributed by atoms with Crippen LogP contribution >= 0.6 is 0 Å². The molecule has 6 heteroatoms. The van der Waals surface area contributed by atoms with Crippen LogP contribution in [0.3, 0.4) is 0 Å². The molecule has 1 saturated heterocycles. The summed E-state index contributed by atoms with van der Waals surface area (Å²) in [5, 5.41) is 9.75. The molecule has 0 spiro atoms. The number of likely N-dealkylation sites (N-methyl/N-ethyl adjacent to an activating group) is 2. The number of hydrogen-bond donors (Lipinski definition) is 1. The molecule has 25 heavy (non-hydrogen) atoms. The highest BCUT2D eigenvalue weighted by atomic mass is 16.3. The van der Waals surface area contributed by atoms with Crippen molar-refractivity contribution in [1.29, 1.82) is 0 Å². The van der Waals surface area contributed by atoms with Gasteiger partial charge < -0.3 is 19.8 Å². The van der Waals surface area contributed by atoms with Crippen molar-refractivity contribution in [3.8, 4) is 0 Å². The lowest BCUT2D eigenvalue weighted by atomic mass is 9.96. The maximum Gasteiger partial charge on any atom is 0.254 e. The maximum absolute atomic E-state index is 12.9. The molecule has 2 rings (SSSR count). The number of aromatic nitrogens is 1. The first-order valence-electron chi connectivity index (χ1n) is 8.98. The second kappa shape index (κ2) is 8.74. The minimum atomic E-state index is 0.0468. The van der Waals surface area contributed by atoms with Gasteiger partial charge in [-0.15, -0.1) is 0 Å². The average molecular weight is 348 g/mol. The zero-order valence-corrected chi connectivity index (χ0v) is 16.2. The van der Waals surface area contributed by atoms with Crippen molar-refractivity contribution in [1.82, 2.24) is 19.7 Å². The Bertz CT molecular complexity index is 571. The Labute approximate surface area is 151 Å². The Kier molecular flexibility index (Phi) is 6.93. The number of rotatable bonds is 7. The molecule has 0 aromatic carbocycles. The summed E-state index contributed by atoms with van der Waals surface area (Å²) < 4.78 is 0. The standard InChI is InChI=1S/C19H32N4O2/c1-14-8-16(9-15(2)20-14)19(25)23-11-17(18(12-23)13-24)10-22(5)7-6-21(3)4/h8-9,17-18,24H,6-7,10-13H2,1-5H3/t17-,18-/m1/s1. The molecule has 0 saturated carbocycles. The summed E-state index contributed by atoms with van der Waals surface area (Å²) in [5.74, 6) is 0.505. The molecule has 0 bridgehead atoms. The van der Waals surface area contributed by atoms with E-state index < -0.39 is 0 Å². The fourth-order valence-electron chi connectivity index (χ4n) is 3.52. The van der Waals surface area contributed by atoms with Gasteiger partial charge in [0.2, 0.25) is 0 Å². The first kappa shape index (κ1) is 19.8. The largest absolute Gasteiger partial charge is 0.396 e. The van der Waals surface area contributed by atoms with Crippen LogP contribution in [0.5, 0.6) is 0 Å². The summed E-state index contributed by atoms with van der Waals surface area (Å²) in [6.45, 7) is 8.17. The molecular formula is C19H32N4O2.